The number of hydrogen-bond acceptors (Lipinski definition) is 3. The first-order chi connectivity index (χ1) is 11.9. The van der Waals surface area contributed by atoms with Gasteiger partial charge in [-0.05, 0) is 35.9 Å². The summed E-state index contributed by atoms with van der Waals surface area (Å²) in [5.41, 5.74) is 1.80. The molecule has 0 aliphatic rings. The largest absolute Gasteiger partial charge is 0.495 e. The van der Waals surface area contributed by atoms with E-state index in [9.17, 15) is 9.59 Å². The van der Waals surface area contributed by atoms with E-state index in [0.29, 0.717) is 17.0 Å². The van der Waals surface area contributed by atoms with E-state index >= 15 is 0 Å². The van der Waals surface area contributed by atoms with Crippen molar-refractivity contribution < 1.29 is 14.3 Å². The Bertz CT molecular complexity index is 816. The third kappa shape index (κ3) is 4.93. The van der Waals surface area contributed by atoms with Gasteiger partial charge in [0.25, 0.3) is 5.91 Å². The lowest BCUT2D eigenvalue weighted by Crippen LogP contribution is -2.22. The summed E-state index contributed by atoms with van der Waals surface area (Å²) in [5.74, 6) is 0.0170. The van der Waals surface area contributed by atoms with Crippen molar-refractivity contribution in [3.63, 3.8) is 0 Å². The SMILES string of the molecule is COc1ccc(C(=O)N(C)C)cc1NC(=O)/C=C/c1ccccc1Br. The van der Waals surface area contributed by atoms with E-state index in [0.717, 1.165) is 10.0 Å². The van der Waals surface area contributed by atoms with Crippen molar-refractivity contribution in [3.05, 3.63) is 64.1 Å². The minimum Gasteiger partial charge on any atom is -0.495 e. The zero-order valence-electron chi connectivity index (χ0n) is 14.2. The van der Waals surface area contributed by atoms with Crippen molar-refractivity contribution in [1.82, 2.24) is 4.90 Å². The van der Waals surface area contributed by atoms with Crippen LogP contribution >= 0.6 is 15.9 Å². The monoisotopic (exact) mass is 402 g/mol. The number of nitrogens with zero attached hydrogens (tertiary/aromatic N) is 1. The van der Waals surface area contributed by atoms with E-state index in [1.165, 1.54) is 18.1 Å². The van der Waals surface area contributed by atoms with Crippen molar-refractivity contribution in [1.29, 1.82) is 0 Å². The molecule has 2 rings (SSSR count). The minimum atomic E-state index is -0.316. The van der Waals surface area contributed by atoms with Crippen molar-refractivity contribution in [2.24, 2.45) is 0 Å². The van der Waals surface area contributed by atoms with Gasteiger partial charge in [-0.3, -0.25) is 9.59 Å². The van der Waals surface area contributed by atoms with Crippen LogP contribution in [0.2, 0.25) is 0 Å². The second-order valence-corrected chi connectivity index (χ2v) is 6.31. The molecular weight excluding hydrogens is 384 g/mol. The number of carbonyl (C=O) groups is 2. The van der Waals surface area contributed by atoms with Crippen LogP contribution in [0.25, 0.3) is 6.08 Å². The third-order valence-electron chi connectivity index (χ3n) is 3.43. The van der Waals surface area contributed by atoms with Gasteiger partial charge >= 0.3 is 0 Å². The first-order valence-corrected chi connectivity index (χ1v) is 8.35. The smallest absolute Gasteiger partial charge is 0.253 e. The Morgan fingerprint density at radius 1 is 1.16 bits per heavy atom. The van der Waals surface area contributed by atoms with Crippen LogP contribution in [0, 0.1) is 0 Å². The number of benzene rings is 2. The van der Waals surface area contributed by atoms with Gasteiger partial charge in [-0.25, -0.2) is 0 Å². The molecule has 1 N–H and O–H groups in total. The van der Waals surface area contributed by atoms with E-state index in [4.69, 9.17) is 4.74 Å². The quantitative estimate of drug-likeness (QED) is 0.773. The molecule has 5 nitrogen and oxygen atoms in total. The molecule has 2 amide bonds. The number of halogens is 1. The highest BCUT2D eigenvalue weighted by Gasteiger charge is 2.13. The number of ether oxygens (including phenoxy) is 1. The van der Waals surface area contributed by atoms with E-state index in [2.05, 4.69) is 21.2 Å². The minimum absolute atomic E-state index is 0.151. The van der Waals surface area contributed by atoms with Gasteiger partial charge in [0.1, 0.15) is 5.75 Å². The van der Waals surface area contributed by atoms with E-state index < -0.39 is 0 Å². The first kappa shape index (κ1) is 18.7. The summed E-state index contributed by atoms with van der Waals surface area (Å²) in [7, 11) is 4.85. The van der Waals surface area contributed by atoms with Gasteiger partial charge in [-0.15, -0.1) is 0 Å². The standard InChI is InChI=1S/C19H19BrN2O3/c1-22(2)19(24)14-8-10-17(25-3)16(12-14)21-18(23)11-9-13-6-4-5-7-15(13)20/h4-12H,1-3H3,(H,21,23)/b11-9+. The van der Waals surface area contributed by atoms with Gasteiger partial charge < -0.3 is 15.0 Å². The molecule has 6 heteroatoms. The molecule has 0 saturated heterocycles. The molecule has 0 fully saturated rings. The molecule has 0 radical (unpaired) electrons. The van der Waals surface area contributed by atoms with Crippen LogP contribution in [0.5, 0.6) is 5.75 Å². The Morgan fingerprint density at radius 3 is 2.52 bits per heavy atom. The molecule has 0 heterocycles. The molecule has 2 aromatic rings. The summed E-state index contributed by atoms with van der Waals surface area (Å²) in [5, 5.41) is 2.75. The Kier molecular flexibility index (Phi) is 6.36. The molecule has 0 spiro atoms. The molecule has 0 aliphatic carbocycles. The number of carbonyl (C=O) groups excluding carboxylic acids is 2. The lowest BCUT2D eigenvalue weighted by Gasteiger charge is -2.14. The zero-order valence-corrected chi connectivity index (χ0v) is 15.8. The fraction of sp³-hybridized carbons (Fsp3) is 0.158. The average molecular weight is 403 g/mol. The molecule has 130 valence electrons. The predicted octanol–water partition coefficient (Wildman–Crippen LogP) is 3.81. The summed E-state index contributed by atoms with van der Waals surface area (Å²) >= 11 is 3.43. The maximum absolute atomic E-state index is 12.2. The predicted molar refractivity (Wildman–Crippen MR) is 103 cm³/mol. The van der Waals surface area contributed by atoms with Crippen LogP contribution in [0.3, 0.4) is 0 Å². The highest BCUT2D eigenvalue weighted by Crippen LogP contribution is 2.26. The topological polar surface area (TPSA) is 58.6 Å². The first-order valence-electron chi connectivity index (χ1n) is 7.55. The number of anilines is 1. The Balaban J connectivity index is 2.20. The van der Waals surface area contributed by atoms with Crippen molar-refractivity contribution in [3.8, 4) is 5.75 Å². The van der Waals surface area contributed by atoms with Crippen LogP contribution in [-0.2, 0) is 4.79 Å². The number of hydrogen-bond donors (Lipinski definition) is 1. The van der Waals surface area contributed by atoms with Gasteiger partial charge in [-0.1, -0.05) is 34.1 Å². The Morgan fingerprint density at radius 2 is 1.88 bits per heavy atom. The van der Waals surface area contributed by atoms with Crippen LogP contribution in [0.1, 0.15) is 15.9 Å². The highest BCUT2D eigenvalue weighted by atomic mass is 79.9. The fourth-order valence-corrected chi connectivity index (χ4v) is 2.56. The highest BCUT2D eigenvalue weighted by molar-refractivity contribution is 9.10. The Hall–Kier alpha value is -2.60. The number of amides is 2. The van der Waals surface area contributed by atoms with Gasteiger partial charge in [0.15, 0.2) is 0 Å². The summed E-state index contributed by atoms with van der Waals surface area (Å²) in [6.07, 6.45) is 3.14. The summed E-state index contributed by atoms with van der Waals surface area (Å²) in [4.78, 5) is 25.8. The zero-order chi connectivity index (χ0) is 18.4. The second-order valence-electron chi connectivity index (χ2n) is 5.46. The second kappa shape index (κ2) is 8.48. The van der Waals surface area contributed by atoms with Crippen molar-refractivity contribution in [2.75, 3.05) is 26.5 Å². The maximum Gasteiger partial charge on any atom is 0.253 e. The number of methoxy groups -OCH3 is 1. The molecule has 0 unspecified atom stereocenters. The molecule has 25 heavy (non-hydrogen) atoms. The van der Waals surface area contributed by atoms with E-state index in [1.807, 2.05) is 24.3 Å². The summed E-state index contributed by atoms with van der Waals surface area (Å²) < 4.78 is 6.15. The number of nitrogens with one attached hydrogen (secondary N) is 1. The lowest BCUT2D eigenvalue weighted by atomic mass is 10.1. The van der Waals surface area contributed by atoms with Gasteiger partial charge in [0.05, 0.1) is 12.8 Å². The van der Waals surface area contributed by atoms with Gasteiger partial charge in [0.2, 0.25) is 5.91 Å². The molecule has 0 bridgehead atoms. The molecular formula is C19H19BrN2O3. The number of rotatable bonds is 5. The summed E-state index contributed by atoms with van der Waals surface area (Å²) in [6, 6.07) is 12.5. The summed E-state index contributed by atoms with van der Waals surface area (Å²) in [6.45, 7) is 0. The van der Waals surface area contributed by atoms with Crippen molar-refractivity contribution in [2.45, 2.75) is 0 Å². The lowest BCUT2D eigenvalue weighted by molar-refractivity contribution is -0.111. The molecule has 0 saturated carbocycles. The van der Waals surface area contributed by atoms with E-state index in [-0.39, 0.29) is 11.8 Å². The van der Waals surface area contributed by atoms with Crippen LogP contribution in [0.15, 0.2) is 53.0 Å². The van der Waals surface area contributed by atoms with Crippen LogP contribution < -0.4 is 10.1 Å². The maximum atomic E-state index is 12.2. The Labute approximate surface area is 155 Å². The van der Waals surface area contributed by atoms with E-state index in [1.54, 1.807) is 38.4 Å². The third-order valence-corrected chi connectivity index (χ3v) is 4.15. The van der Waals surface area contributed by atoms with Crippen molar-refractivity contribution >= 4 is 39.5 Å². The molecule has 0 aliphatic heterocycles. The molecule has 0 atom stereocenters. The normalized spacial score (nSPS) is 10.6. The molecule has 0 aromatic heterocycles. The van der Waals surface area contributed by atoms with Crippen LogP contribution in [-0.4, -0.2) is 37.9 Å². The fourth-order valence-electron chi connectivity index (χ4n) is 2.15. The average Bonchev–Trinajstić information content (AvgIpc) is 2.60. The van der Waals surface area contributed by atoms with Gasteiger partial charge in [-0.2, -0.15) is 0 Å². The molecule has 2 aromatic carbocycles. The van der Waals surface area contributed by atoms with Gasteiger partial charge in [0, 0.05) is 30.2 Å². The van der Waals surface area contributed by atoms with Crippen LogP contribution in [0.4, 0.5) is 5.69 Å².